The fourth-order valence-electron chi connectivity index (χ4n) is 0.866. The van der Waals surface area contributed by atoms with Gasteiger partial charge in [-0.2, -0.15) is 30.7 Å². The Balaban J connectivity index is 4.59. The molecule has 1 atom stereocenters. The van der Waals surface area contributed by atoms with Gasteiger partial charge in [0.25, 0.3) is 0 Å². The molecule has 0 heterocycles. The standard InChI is InChI=1S/C9H9F7O4/c1-2-5(17)20-6(18)3-4-19-7(10,8(11,12)13)9(14,15)16/h2,6,18H,1,3-4H2. The summed E-state index contributed by atoms with van der Waals surface area (Å²) in [4.78, 5) is 10.5. The topological polar surface area (TPSA) is 55.8 Å². The van der Waals surface area contributed by atoms with Crippen molar-refractivity contribution < 1.29 is 50.1 Å². The molecule has 0 aliphatic carbocycles. The highest BCUT2D eigenvalue weighted by Crippen LogP contribution is 2.46. The molecule has 0 aromatic rings. The average molecular weight is 314 g/mol. The van der Waals surface area contributed by atoms with E-state index < -0.39 is 43.5 Å². The Hall–Kier alpha value is -1.36. The highest BCUT2D eigenvalue weighted by molar-refractivity contribution is 5.81. The van der Waals surface area contributed by atoms with Crippen LogP contribution in [0.25, 0.3) is 0 Å². The summed E-state index contributed by atoms with van der Waals surface area (Å²) in [5, 5.41) is 8.90. The molecule has 0 saturated heterocycles. The normalized spacial score (nSPS) is 14.8. The number of halogens is 7. The van der Waals surface area contributed by atoms with Gasteiger partial charge in [-0.25, -0.2) is 4.79 Å². The van der Waals surface area contributed by atoms with Crippen LogP contribution in [0.5, 0.6) is 0 Å². The summed E-state index contributed by atoms with van der Waals surface area (Å²) >= 11 is 0. The van der Waals surface area contributed by atoms with Crippen molar-refractivity contribution in [3.05, 3.63) is 12.7 Å². The van der Waals surface area contributed by atoms with Crippen LogP contribution < -0.4 is 0 Å². The SMILES string of the molecule is C=CC(=O)OC(O)CCOC(F)(C(F)(F)F)C(F)(F)F. The van der Waals surface area contributed by atoms with E-state index in [4.69, 9.17) is 5.11 Å². The van der Waals surface area contributed by atoms with Crippen LogP contribution in [0.4, 0.5) is 30.7 Å². The minimum Gasteiger partial charge on any atom is -0.433 e. The van der Waals surface area contributed by atoms with Gasteiger partial charge in [-0.3, -0.25) is 0 Å². The van der Waals surface area contributed by atoms with Crippen molar-refractivity contribution in [1.29, 1.82) is 0 Å². The third kappa shape index (κ3) is 4.63. The minimum atomic E-state index is -6.35. The molecule has 0 fully saturated rings. The Morgan fingerprint density at radius 1 is 1.15 bits per heavy atom. The van der Waals surface area contributed by atoms with Crippen molar-refractivity contribution in [1.82, 2.24) is 0 Å². The number of hydrogen-bond acceptors (Lipinski definition) is 4. The fraction of sp³-hybridized carbons (Fsp3) is 0.667. The fourth-order valence-corrected chi connectivity index (χ4v) is 0.866. The number of esters is 1. The molecule has 0 saturated carbocycles. The third-order valence-corrected chi connectivity index (χ3v) is 1.81. The van der Waals surface area contributed by atoms with Crippen LogP contribution in [0.1, 0.15) is 6.42 Å². The molecule has 1 N–H and O–H groups in total. The molecule has 118 valence electrons. The zero-order valence-electron chi connectivity index (χ0n) is 9.59. The molecule has 0 spiro atoms. The number of aliphatic hydroxyl groups excluding tert-OH is 1. The van der Waals surface area contributed by atoms with Gasteiger partial charge >= 0.3 is 24.2 Å². The highest BCUT2D eigenvalue weighted by Gasteiger charge is 2.74. The van der Waals surface area contributed by atoms with E-state index in [0.29, 0.717) is 6.08 Å². The lowest BCUT2D eigenvalue weighted by Crippen LogP contribution is -2.55. The van der Waals surface area contributed by atoms with Gasteiger partial charge in [0, 0.05) is 12.5 Å². The number of aliphatic hydroxyl groups is 1. The first-order chi connectivity index (χ1) is 8.85. The second-order valence-electron chi connectivity index (χ2n) is 3.32. The predicted molar refractivity (Wildman–Crippen MR) is 48.8 cm³/mol. The van der Waals surface area contributed by atoms with Gasteiger partial charge in [-0.15, -0.1) is 0 Å². The van der Waals surface area contributed by atoms with E-state index in [9.17, 15) is 35.5 Å². The first-order valence-corrected chi connectivity index (χ1v) is 4.82. The molecule has 0 aliphatic heterocycles. The minimum absolute atomic E-state index is 0.592. The molecule has 0 rings (SSSR count). The van der Waals surface area contributed by atoms with Gasteiger partial charge in [-0.05, 0) is 0 Å². The maximum atomic E-state index is 12.9. The van der Waals surface area contributed by atoms with E-state index in [1.54, 1.807) is 0 Å². The maximum absolute atomic E-state index is 12.9. The van der Waals surface area contributed by atoms with Crippen molar-refractivity contribution in [2.24, 2.45) is 0 Å². The second kappa shape index (κ2) is 6.39. The first kappa shape index (κ1) is 18.6. The van der Waals surface area contributed by atoms with Gasteiger partial charge in [0.1, 0.15) is 0 Å². The lowest BCUT2D eigenvalue weighted by Gasteiger charge is -2.29. The Labute approximate surface area is 107 Å². The van der Waals surface area contributed by atoms with Crippen LogP contribution in [-0.4, -0.2) is 42.2 Å². The Morgan fingerprint density at radius 3 is 1.95 bits per heavy atom. The van der Waals surface area contributed by atoms with Gasteiger partial charge in [0.15, 0.2) is 0 Å². The van der Waals surface area contributed by atoms with Crippen LogP contribution in [-0.2, 0) is 14.3 Å². The molecule has 11 heteroatoms. The van der Waals surface area contributed by atoms with Crippen LogP contribution >= 0.6 is 0 Å². The lowest BCUT2D eigenvalue weighted by atomic mass is 10.3. The molecular weight excluding hydrogens is 305 g/mol. The third-order valence-electron chi connectivity index (χ3n) is 1.81. The number of ether oxygens (including phenoxy) is 2. The van der Waals surface area contributed by atoms with Crippen molar-refractivity contribution in [2.75, 3.05) is 6.61 Å². The zero-order valence-corrected chi connectivity index (χ0v) is 9.59. The maximum Gasteiger partial charge on any atom is 0.458 e. The van der Waals surface area contributed by atoms with Crippen LogP contribution in [0, 0.1) is 0 Å². The number of alkyl halides is 7. The van der Waals surface area contributed by atoms with Gasteiger partial charge < -0.3 is 14.6 Å². The summed E-state index contributed by atoms with van der Waals surface area (Å²) in [5.74, 6) is -7.04. The summed E-state index contributed by atoms with van der Waals surface area (Å²) in [6, 6.07) is 0. The molecule has 0 aromatic carbocycles. The van der Waals surface area contributed by atoms with E-state index in [2.05, 4.69) is 16.1 Å². The predicted octanol–water partition coefficient (Wildman–Crippen LogP) is 2.23. The van der Waals surface area contributed by atoms with Crippen LogP contribution in [0.15, 0.2) is 12.7 Å². The average Bonchev–Trinajstić information content (AvgIpc) is 2.25. The largest absolute Gasteiger partial charge is 0.458 e. The molecular formula is C9H9F7O4. The van der Waals surface area contributed by atoms with Crippen molar-refractivity contribution in [3.8, 4) is 0 Å². The Kier molecular flexibility index (Phi) is 5.96. The quantitative estimate of drug-likeness (QED) is 0.353. The lowest BCUT2D eigenvalue weighted by molar-refractivity contribution is -0.430. The van der Waals surface area contributed by atoms with Crippen LogP contribution in [0.2, 0.25) is 0 Å². The molecule has 0 aromatic heterocycles. The van der Waals surface area contributed by atoms with Gasteiger partial charge in [0.05, 0.1) is 6.61 Å². The summed E-state index contributed by atoms with van der Waals surface area (Å²) in [7, 11) is 0. The molecule has 0 bridgehead atoms. The molecule has 20 heavy (non-hydrogen) atoms. The second-order valence-corrected chi connectivity index (χ2v) is 3.32. The monoisotopic (exact) mass is 314 g/mol. The van der Waals surface area contributed by atoms with Crippen molar-refractivity contribution >= 4 is 5.97 Å². The molecule has 0 radical (unpaired) electrons. The number of carbonyl (C=O) groups is 1. The van der Waals surface area contributed by atoms with Crippen molar-refractivity contribution in [2.45, 2.75) is 30.9 Å². The summed E-state index contributed by atoms with van der Waals surface area (Å²) in [6.07, 6.45) is -15.2. The van der Waals surface area contributed by atoms with E-state index in [1.807, 2.05) is 0 Å². The van der Waals surface area contributed by atoms with Crippen LogP contribution in [0.3, 0.4) is 0 Å². The van der Waals surface area contributed by atoms with E-state index in [-0.39, 0.29) is 0 Å². The van der Waals surface area contributed by atoms with Gasteiger partial charge in [0.2, 0.25) is 6.29 Å². The number of rotatable bonds is 6. The molecule has 1 unspecified atom stereocenters. The molecule has 0 amide bonds. The van der Waals surface area contributed by atoms with E-state index >= 15 is 0 Å². The Morgan fingerprint density at radius 2 is 1.60 bits per heavy atom. The molecule has 4 nitrogen and oxygen atoms in total. The number of carbonyl (C=O) groups excluding carboxylic acids is 1. The molecule has 0 aliphatic rings. The van der Waals surface area contributed by atoms with E-state index in [0.717, 1.165) is 0 Å². The Bertz CT molecular complexity index is 335. The van der Waals surface area contributed by atoms with Gasteiger partial charge in [-0.1, -0.05) is 6.58 Å². The number of hydrogen-bond donors (Lipinski definition) is 1. The van der Waals surface area contributed by atoms with Crippen molar-refractivity contribution in [3.63, 3.8) is 0 Å². The summed E-state index contributed by atoms with van der Waals surface area (Å²) in [5.41, 5.74) is 0. The van der Waals surface area contributed by atoms with E-state index in [1.165, 1.54) is 0 Å². The highest BCUT2D eigenvalue weighted by atomic mass is 19.4. The summed E-state index contributed by atoms with van der Waals surface area (Å²) < 4.78 is 92.1. The first-order valence-electron chi connectivity index (χ1n) is 4.82. The zero-order chi connectivity index (χ0) is 16.2. The summed E-state index contributed by atoms with van der Waals surface area (Å²) in [6.45, 7) is 1.42. The smallest absolute Gasteiger partial charge is 0.433 e.